The van der Waals surface area contributed by atoms with E-state index in [-0.39, 0.29) is 0 Å². The Kier molecular flexibility index (Phi) is 6.32. The Morgan fingerprint density at radius 1 is 1.31 bits per heavy atom. The number of nitrogens with zero attached hydrogens (tertiary/aromatic N) is 1. The van der Waals surface area contributed by atoms with Crippen LogP contribution < -0.4 is 11.1 Å². The van der Waals surface area contributed by atoms with Gasteiger partial charge in [0, 0.05) is 7.05 Å². The van der Waals surface area contributed by atoms with Gasteiger partial charge in [-0.2, -0.15) is 0 Å². The van der Waals surface area contributed by atoms with Crippen LogP contribution in [-0.2, 0) is 0 Å². The van der Waals surface area contributed by atoms with Gasteiger partial charge in [-0.3, -0.25) is 4.99 Å². The molecule has 0 saturated heterocycles. The molecule has 1 aromatic carbocycles. The van der Waals surface area contributed by atoms with Crippen molar-refractivity contribution in [3.05, 3.63) is 24.3 Å². The van der Waals surface area contributed by atoms with Gasteiger partial charge in [0.2, 0.25) is 0 Å². The lowest BCUT2D eigenvalue weighted by atomic mass is 10.3. The molecule has 0 aromatic heterocycles. The molecule has 0 spiro atoms. The second-order valence-corrected chi connectivity index (χ2v) is 2.12. The van der Waals surface area contributed by atoms with Crippen molar-refractivity contribution in [1.82, 2.24) is 0 Å². The molecule has 0 radical (unpaired) electrons. The molecule has 0 fully saturated rings. The quantitative estimate of drug-likeness (QED) is 0.416. The van der Waals surface area contributed by atoms with Gasteiger partial charge in [-0.15, -0.1) is 0 Å². The fourth-order valence-corrected chi connectivity index (χ4v) is 0.763. The van der Waals surface area contributed by atoms with E-state index in [2.05, 4.69) is 10.3 Å². The predicted octanol–water partition coefficient (Wildman–Crippen LogP) is 2.37. The van der Waals surface area contributed by atoms with E-state index in [1.54, 1.807) is 13.4 Å². The number of para-hydroxylation sites is 2. The number of hydrogen-bond donors (Lipinski definition) is 2. The number of anilines is 2. The molecule has 3 N–H and O–H groups in total. The van der Waals surface area contributed by atoms with Gasteiger partial charge >= 0.3 is 0 Å². The van der Waals surface area contributed by atoms with E-state index in [0.717, 1.165) is 11.4 Å². The molecule has 0 bridgehead atoms. The highest BCUT2D eigenvalue weighted by molar-refractivity contribution is 5.81. The van der Waals surface area contributed by atoms with Crippen molar-refractivity contribution in [3.63, 3.8) is 0 Å². The Morgan fingerprint density at radius 3 is 2.46 bits per heavy atom. The van der Waals surface area contributed by atoms with Crippen LogP contribution in [0.1, 0.15) is 13.8 Å². The third kappa shape index (κ3) is 4.15. The Bertz CT molecular complexity index is 256. The topological polar surface area (TPSA) is 50.4 Å². The molecule has 0 heterocycles. The standard InChI is InChI=1S/C8H11N3.C2H6/c1-10-6-11-8-5-3-2-4-7(8)9;1-2/h2-6H,9H2,1H3,(H,10,11);1-2H3. The van der Waals surface area contributed by atoms with Crippen molar-refractivity contribution >= 4 is 17.7 Å². The van der Waals surface area contributed by atoms with E-state index in [4.69, 9.17) is 5.73 Å². The molecule has 0 aliphatic heterocycles. The fraction of sp³-hybridized carbons (Fsp3) is 0.300. The maximum absolute atomic E-state index is 5.64. The maximum atomic E-state index is 5.64. The summed E-state index contributed by atoms with van der Waals surface area (Å²) in [6.07, 6.45) is 1.60. The first-order valence-electron chi connectivity index (χ1n) is 4.36. The third-order valence-corrected chi connectivity index (χ3v) is 1.31. The first-order valence-corrected chi connectivity index (χ1v) is 4.36. The van der Waals surface area contributed by atoms with Crippen molar-refractivity contribution < 1.29 is 0 Å². The Labute approximate surface area is 79.7 Å². The lowest BCUT2D eigenvalue weighted by Gasteiger charge is -2.02. The Hall–Kier alpha value is -1.51. The number of nitrogens with one attached hydrogen (secondary N) is 1. The van der Waals surface area contributed by atoms with Crippen molar-refractivity contribution in [2.24, 2.45) is 4.99 Å². The number of hydrogen-bond acceptors (Lipinski definition) is 2. The van der Waals surface area contributed by atoms with Crippen LogP contribution in [0.5, 0.6) is 0 Å². The molecule has 0 aliphatic rings. The van der Waals surface area contributed by atoms with E-state index >= 15 is 0 Å². The van der Waals surface area contributed by atoms with Crippen LogP contribution in [-0.4, -0.2) is 13.4 Å². The van der Waals surface area contributed by atoms with Crippen LogP contribution in [0.2, 0.25) is 0 Å². The van der Waals surface area contributed by atoms with Gasteiger partial charge in [-0.25, -0.2) is 0 Å². The monoisotopic (exact) mass is 179 g/mol. The summed E-state index contributed by atoms with van der Waals surface area (Å²) in [6, 6.07) is 7.55. The first kappa shape index (κ1) is 11.5. The van der Waals surface area contributed by atoms with E-state index in [1.807, 2.05) is 38.1 Å². The second-order valence-electron chi connectivity index (χ2n) is 2.12. The fourth-order valence-electron chi connectivity index (χ4n) is 0.763. The van der Waals surface area contributed by atoms with Crippen LogP contribution >= 0.6 is 0 Å². The second kappa shape index (κ2) is 7.16. The van der Waals surface area contributed by atoms with Gasteiger partial charge in [-0.05, 0) is 12.1 Å². The van der Waals surface area contributed by atoms with E-state index in [1.165, 1.54) is 0 Å². The molecular formula is C10H17N3. The minimum Gasteiger partial charge on any atom is -0.397 e. The van der Waals surface area contributed by atoms with E-state index in [0.29, 0.717) is 0 Å². The molecule has 0 atom stereocenters. The Morgan fingerprint density at radius 2 is 1.92 bits per heavy atom. The highest BCUT2D eigenvalue weighted by Gasteiger charge is 1.91. The number of nitrogens with two attached hydrogens (primary N) is 1. The predicted molar refractivity (Wildman–Crippen MR) is 60.2 cm³/mol. The normalized spacial score (nSPS) is 9.15. The van der Waals surface area contributed by atoms with Crippen LogP contribution in [0, 0.1) is 0 Å². The number of rotatable bonds is 2. The summed E-state index contributed by atoms with van der Waals surface area (Å²) in [5, 5.41) is 2.95. The zero-order valence-electron chi connectivity index (χ0n) is 8.41. The lowest BCUT2D eigenvalue weighted by Crippen LogP contribution is -1.98. The summed E-state index contributed by atoms with van der Waals surface area (Å²) in [5.41, 5.74) is 7.25. The SMILES string of the molecule is CC.CN=CNc1ccccc1N. The molecule has 3 heteroatoms. The summed E-state index contributed by atoms with van der Waals surface area (Å²) in [4.78, 5) is 3.78. The maximum Gasteiger partial charge on any atom is 0.0864 e. The van der Waals surface area contributed by atoms with E-state index < -0.39 is 0 Å². The van der Waals surface area contributed by atoms with Gasteiger partial charge in [-0.1, -0.05) is 26.0 Å². The lowest BCUT2D eigenvalue weighted by molar-refractivity contribution is 1.46. The Balaban J connectivity index is 0.000000671. The molecule has 0 saturated carbocycles. The van der Waals surface area contributed by atoms with Crippen molar-refractivity contribution in [3.8, 4) is 0 Å². The third-order valence-electron chi connectivity index (χ3n) is 1.31. The van der Waals surface area contributed by atoms with Crippen LogP contribution in [0.15, 0.2) is 29.3 Å². The molecule has 0 unspecified atom stereocenters. The van der Waals surface area contributed by atoms with E-state index in [9.17, 15) is 0 Å². The van der Waals surface area contributed by atoms with Gasteiger partial charge in [0.25, 0.3) is 0 Å². The number of aliphatic imine (C=N–C) groups is 1. The van der Waals surface area contributed by atoms with Gasteiger partial charge in [0.15, 0.2) is 0 Å². The van der Waals surface area contributed by atoms with Gasteiger partial charge in [0.05, 0.1) is 17.7 Å². The average Bonchev–Trinajstić information content (AvgIpc) is 2.20. The molecule has 3 nitrogen and oxygen atoms in total. The highest BCUT2D eigenvalue weighted by atomic mass is 14.9. The van der Waals surface area contributed by atoms with Crippen LogP contribution in [0.4, 0.5) is 11.4 Å². The van der Waals surface area contributed by atoms with Gasteiger partial charge < -0.3 is 11.1 Å². The van der Waals surface area contributed by atoms with Crippen LogP contribution in [0.25, 0.3) is 0 Å². The zero-order chi connectivity index (χ0) is 10.1. The summed E-state index contributed by atoms with van der Waals surface area (Å²) < 4.78 is 0. The van der Waals surface area contributed by atoms with Crippen molar-refractivity contribution in [2.75, 3.05) is 18.1 Å². The molecule has 1 rings (SSSR count). The van der Waals surface area contributed by atoms with Crippen LogP contribution in [0.3, 0.4) is 0 Å². The highest BCUT2D eigenvalue weighted by Crippen LogP contribution is 2.15. The molecule has 72 valence electrons. The molecule has 13 heavy (non-hydrogen) atoms. The molecule has 1 aromatic rings. The smallest absolute Gasteiger partial charge is 0.0864 e. The minimum atomic E-state index is 0.729. The first-order chi connectivity index (χ1) is 6.34. The largest absolute Gasteiger partial charge is 0.397 e. The zero-order valence-corrected chi connectivity index (χ0v) is 8.41. The summed E-state index contributed by atoms with van der Waals surface area (Å²) in [7, 11) is 1.70. The molecular weight excluding hydrogens is 162 g/mol. The van der Waals surface area contributed by atoms with Gasteiger partial charge in [0.1, 0.15) is 0 Å². The minimum absolute atomic E-state index is 0.729. The molecule has 0 amide bonds. The summed E-state index contributed by atoms with van der Waals surface area (Å²) >= 11 is 0. The van der Waals surface area contributed by atoms with Crippen molar-refractivity contribution in [1.29, 1.82) is 0 Å². The average molecular weight is 179 g/mol. The summed E-state index contributed by atoms with van der Waals surface area (Å²) in [5.74, 6) is 0. The number of nitrogen functional groups attached to an aromatic ring is 1. The number of benzene rings is 1. The van der Waals surface area contributed by atoms with Crippen molar-refractivity contribution in [2.45, 2.75) is 13.8 Å². The summed E-state index contributed by atoms with van der Waals surface area (Å²) in [6.45, 7) is 4.00. The molecule has 0 aliphatic carbocycles.